The van der Waals surface area contributed by atoms with Crippen LogP contribution in [0.15, 0.2) is 35.1 Å². The van der Waals surface area contributed by atoms with Crippen LogP contribution in [-0.4, -0.2) is 29.3 Å². The second-order valence-electron chi connectivity index (χ2n) is 6.32. The van der Waals surface area contributed by atoms with Crippen molar-refractivity contribution in [3.63, 3.8) is 0 Å². The second-order valence-corrected chi connectivity index (χ2v) is 6.32. The zero-order valence-corrected chi connectivity index (χ0v) is 14.6. The Hall–Kier alpha value is -2.63. The third-order valence-corrected chi connectivity index (χ3v) is 4.58. The second kappa shape index (κ2) is 7.51. The molecule has 1 aliphatic rings. The van der Waals surface area contributed by atoms with Gasteiger partial charge in [0, 0.05) is 12.6 Å². The standard InChI is InChI=1S/C19H23N3O3/c1-13(22-18(23)12-15-6-4-8-17(15)21-22)19(24)20-10-9-14-5-3-7-16(11-14)25-2/h3,5,7,11-13H,4,6,8-10H2,1-2H3,(H,20,24). The van der Waals surface area contributed by atoms with Gasteiger partial charge in [0.2, 0.25) is 5.91 Å². The summed E-state index contributed by atoms with van der Waals surface area (Å²) >= 11 is 0. The molecule has 1 amide bonds. The van der Waals surface area contributed by atoms with Crippen molar-refractivity contribution in [1.29, 1.82) is 0 Å². The average Bonchev–Trinajstić information content (AvgIpc) is 3.07. The summed E-state index contributed by atoms with van der Waals surface area (Å²) in [6.07, 6.45) is 3.49. The molecule has 25 heavy (non-hydrogen) atoms. The quantitative estimate of drug-likeness (QED) is 0.867. The number of methoxy groups -OCH3 is 1. The first-order valence-corrected chi connectivity index (χ1v) is 8.60. The number of fused-ring (bicyclic) bond motifs is 1. The first kappa shape index (κ1) is 17.2. The van der Waals surface area contributed by atoms with Gasteiger partial charge < -0.3 is 10.1 Å². The van der Waals surface area contributed by atoms with Gasteiger partial charge in [0.1, 0.15) is 11.8 Å². The molecule has 2 aromatic rings. The number of hydrogen-bond acceptors (Lipinski definition) is 4. The zero-order chi connectivity index (χ0) is 17.8. The van der Waals surface area contributed by atoms with E-state index in [9.17, 15) is 9.59 Å². The molecule has 0 saturated heterocycles. The van der Waals surface area contributed by atoms with Crippen LogP contribution >= 0.6 is 0 Å². The van der Waals surface area contributed by atoms with Gasteiger partial charge in [-0.15, -0.1) is 0 Å². The third-order valence-electron chi connectivity index (χ3n) is 4.58. The topological polar surface area (TPSA) is 73.2 Å². The smallest absolute Gasteiger partial charge is 0.267 e. The largest absolute Gasteiger partial charge is 0.497 e. The van der Waals surface area contributed by atoms with E-state index in [4.69, 9.17) is 4.74 Å². The first-order chi connectivity index (χ1) is 12.1. The molecule has 6 nitrogen and oxygen atoms in total. The van der Waals surface area contributed by atoms with Crippen LogP contribution in [0, 0.1) is 0 Å². The van der Waals surface area contributed by atoms with E-state index in [0.29, 0.717) is 13.0 Å². The monoisotopic (exact) mass is 341 g/mol. The SMILES string of the molecule is COc1cccc(CCNC(=O)C(C)n2nc3c(cc2=O)CCC3)c1. The summed E-state index contributed by atoms with van der Waals surface area (Å²) in [7, 11) is 1.63. The zero-order valence-electron chi connectivity index (χ0n) is 14.6. The molecule has 1 atom stereocenters. The Morgan fingerprint density at radius 2 is 2.20 bits per heavy atom. The minimum Gasteiger partial charge on any atom is -0.497 e. The molecule has 0 aliphatic heterocycles. The fraction of sp³-hybridized carbons (Fsp3) is 0.421. The lowest BCUT2D eigenvalue weighted by atomic mass is 10.1. The van der Waals surface area contributed by atoms with E-state index in [1.54, 1.807) is 20.1 Å². The van der Waals surface area contributed by atoms with Crippen LogP contribution in [0.4, 0.5) is 0 Å². The number of benzene rings is 1. The third kappa shape index (κ3) is 3.90. The maximum atomic E-state index is 12.4. The minimum absolute atomic E-state index is 0.199. The van der Waals surface area contributed by atoms with Crippen molar-refractivity contribution < 1.29 is 9.53 Å². The molecular weight excluding hydrogens is 318 g/mol. The summed E-state index contributed by atoms with van der Waals surface area (Å²) in [5.41, 5.74) is 2.83. The van der Waals surface area contributed by atoms with E-state index >= 15 is 0 Å². The first-order valence-electron chi connectivity index (χ1n) is 8.60. The maximum absolute atomic E-state index is 12.4. The van der Waals surface area contributed by atoms with E-state index in [1.807, 2.05) is 24.3 Å². The van der Waals surface area contributed by atoms with Crippen LogP contribution < -0.4 is 15.6 Å². The molecule has 1 aromatic heterocycles. The highest BCUT2D eigenvalue weighted by atomic mass is 16.5. The number of nitrogens with zero attached hydrogens (tertiary/aromatic N) is 2. The number of ether oxygens (including phenoxy) is 1. The number of carbonyl (C=O) groups is 1. The Morgan fingerprint density at radius 3 is 3.00 bits per heavy atom. The van der Waals surface area contributed by atoms with E-state index in [-0.39, 0.29) is 11.5 Å². The number of aromatic nitrogens is 2. The molecular formula is C19H23N3O3. The molecule has 3 rings (SSSR count). The lowest BCUT2D eigenvalue weighted by Crippen LogP contribution is -2.38. The number of hydrogen-bond donors (Lipinski definition) is 1. The van der Waals surface area contributed by atoms with Crippen molar-refractivity contribution in [2.75, 3.05) is 13.7 Å². The van der Waals surface area contributed by atoms with Crippen molar-refractivity contribution in [2.45, 2.75) is 38.6 Å². The number of rotatable bonds is 6. The molecule has 0 saturated carbocycles. The number of aryl methyl sites for hydroxylation is 2. The van der Waals surface area contributed by atoms with Crippen LogP contribution in [-0.2, 0) is 24.1 Å². The Kier molecular flexibility index (Phi) is 5.16. The minimum atomic E-state index is -0.622. The Morgan fingerprint density at radius 1 is 1.36 bits per heavy atom. The van der Waals surface area contributed by atoms with Crippen LogP contribution in [0.5, 0.6) is 5.75 Å². The summed E-state index contributed by atoms with van der Waals surface area (Å²) in [5, 5.41) is 7.27. The molecule has 1 unspecified atom stereocenters. The van der Waals surface area contributed by atoms with Crippen LogP contribution in [0.2, 0.25) is 0 Å². The molecule has 0 spiro atoms. The predicted octanol–water partition coefficient (Wildman–Crippen LogP) is 1.66. The highest BCUT2D eigenvalue weighted by Gasteiger charge is 2.21. The van der Waals surface area contributed by atoms with Crippen molar-refractivity contribution in [3.05, 3.63) is 57.5 Å². The molecule has 0 radical (unpaired) electrons. The van der Waals surface area contributed by atoms with E-state index < -0.39 is 6.04 Å². The normalized spacial score (nSPS) is 14.0. The molecule has 1 heterocycles. The van der Waals surface area contributed by atoms with Gasteiger partial charge in [0.05, 0.1) is 12.8 Å². The summed E-state index contributed by atoms with van der Waals surface area (Å²) in [5.74, 6) is 0.599. The highest BCUT2D eigenvalue weighted by Crippen LogP contribution is 2.18. The molecule has 1 N–H and O–H groups in total. The van der Waals surface area contributed by atoms with Gasteiger partial charge in [0.25, 0.3) is 5.56 Å². The fourth-order valence-corrected chi connectivity index (χ4v) is 3.11. The van der Waals surface area contributed by atoms with E-state index in [1.165, 1.54) is 4.68 Å². The van der Waals surface area contributed by atoms with Gasteiger partial charge in [0.15, 0.2) is 0 Å². The Balaban J connectivity index is 1.60. The van der Waals surface area contributed by atoms with Crippen LogP contribution in [0.3, 0.4) is 0 Å². The molecule has 1 aromatic carbocycles. The van der Waals surface area contributed by atoms with Gasteiger partial charge in [-0.1, -0.05) is 12.1 Å². The molecule has 132 valence electrons. The van der Waals surface area contributed by atoms with Gasteiger partial charge in [-0.05, 0) is 55.9 Å². The molecule has 0 bridgehead atoms. The van der Waals surface area contributed by atoms with Crippen LogP contribution in [0.25, 0.3) is 0 Å². The van der Waals surface area contributed by atoms with Gasteiger partial charge in [-0.3, -0.25) is 9.59 Å². The Bertz CT molecular complexity index is 829. The summed E-state index contributed by atoms with van der Waals surface area (Å²) in [6.45, 7) is 2.20. The average molecular weight is 341 g/mol. The van der Waals surface area contributed by atoms with Gasteiger partial charge >= 0.3 is 0 Å². The number of carbonyl (C=O) groups excluding carboxylic acids is 1. The van der Waals surface area contributed by atoms with Crippen molar-refractivity contribution in [3.8, 4) is 5.75 Å². The Labute approximate surface area is 146 Å². The molecule has 0 fully saturated rings. The van der Waals surface area contributed by atoms with Crippen molar-refractivity contribution in [1.82, 2.24) is 15.1 Å². The number of amides is 1. The van der Waals surface area contributed by atoms with Crippen LogP contribution in [0.1, 0.15) is 36.2 Å². The summed E-state index contributed by atoms with van der Waals surface area (Å²) in [4.78, 5) is 24.6. The van der Waals surface area contributed by atoms with Crippen molar-refractivity contribution in [2.24, 2.45) is 0 Å². The van der Waals surface area contributed by atoms with Crippen molar-refractivity contribution >= 4 is 5.91 Å². The van der Waals surface area contributed by atoms with Gasteiger partial charge in [-0.25, -0.2) is 4.68 Å². The lowest BCUT2D eigenvalue weighted by Gasteiger charge is -2.15. The fourth-order valence-electron chi connectivity index (χ4n) is 3.11. The summed E-state index contributed by atoms with van der Waals surface area (Å²) < 4.78 is 6.49. The predicted molar refractivity (Wildman–Crippen MR) is 94.9 cm³/mol. The van der Waals surface area contributed by atoms with E-state index in [0.717, 1.165) is 41.8 Å². The molecule has 6 heteroatoms. The maximum Gasteiger partial charge on any atom is 0.267 e. The van der Waals surface area contributed by atoms with E-state index in [2.05, 4.69) is 10.4 Å². The lowest BCUT2D eigenvalue weighted by molar-refractivity contribution is -0.124. The number of nitrogens with one attached hydrogen (secondary N) is 1. The van der Waals surface area contributed by atoms with Gasteiger partial charge in [-0.2, -0.15) is 5.10 Å². The summed E-state index contributed by atoms with van der Waals surface area (Å²) in [6, 6.07) is 8.74. The highest BCUT2D eigenvalue weighted by molar-refractivity contribution is 5.79. The molecule has 1 aliphatic carbocycles.